The third kappa shape index (κ3) is 3.16. The van der Waals surface area contributed by atoms with Crippen molar-refractivity contribution in [3.63, 3.8) is 0 Å². The minimum atomic E-state index is -0.754. The molecule has 0 radical (unpaired) electrons. The van der Waals surface area contributed by atoms with Crippen molar-refractivity contribution < 1.29 is 9.63 Å². The Hall–Kier alpha value is -1.73. The smallest absolute Gasteiger partial charge is 0.140 e. The van der Waals surface area contributed by atoms with Crippen LogP contribution in [0, 0.1) is 0 Å². The Morgan fingerprint density at radius 3 is 3.04 bits per heavy atom. The number of aromatic nitrogens is 4. The molecule has 1 fully saturated rings. The molecule has 23 heavy (non-hydrogen) atoms. The molecule has 2 aromatic rings. The minimum Gasteiger partial charge on any atom is -0.387 e. The molecular weight excluding hydrogens is 294 g/mol. The van der Waals surface area contributed by atoms with Crippen molar-refractivity contribution in [2.45, 2.75) is 57.2 Å². The van der Waals surface area contributed by atoms with Gasteiger partial charge < -0.3 is 9.63 Å². The summed E-state index contributed by atoms with van der Waals surface area (Å²) in [5.41, 5.74) is 1.61. The van der Waals surface area contributed by atoms with E-state index >= 15 is 0 Å². The maximum Gasteiger partial charge on any atom is 0.140 e. The quantitative estimate of drug-likeness (QED) is 0.912. The molecule has 2 aliphatic rings. The van der Waals surface area contributed by atoms with Crippen molar-refractivity contribution in [3.8, 4) is 0 Å². The van der Waals surface area contributed by atoms with Gasteiger partial charge in [-0.05, 0) is 38.6 Å². The average Bonchev–Trinajstić information content (AvgIpc) is 3.17. The third-order valence-corrected chi connectivity index (χ3v) is 4.97. The zero-order valence-corrected chi connectivity index (χ0v) is 13.3. The highest BCUT2D eigenvalue weighted by atomic mass is 16.5. The van der Waals surface area contributed by atoms with E-state index in [-0.39, 0.29) is 0 Å². The van der Waals surface area contributed by atoms with Crippen molar-refractivity contribution in [1.82, 2.24) is 25.1 Å². The van der Waals surface area contributed by atoms with Gasteiger partial charge >= 0.3 is 0 Å². The Morgan fingerprint density at radius 2 is 2.17 bits per heavy atom. The largest absolute Gasteiger partial charge is 0.387 e. The molecule has 4 rings (SSSR count). The summed E-state index contributed by atoms with van der Waals surface area (Å²) >= 11 is 0. The number of nitrogens with zero attached hydrogens (tertiary/aromatic N) is 5. The monoisotopic (exact) mass is 317 g/mol. The first-order valence-electron chi connectivity index (χ1n) is 8.47. The number of piperidine rings is 1. The lowest BCUT2D eigenvalue weighted by atomic mass is 9.92. The summed E-state index contributed by atoms with van der Waals surface area (Å²) in [7, 11) is 0. The Labute approximate surface area is 135 Å². The lowest BCUT2D eigenvalue weighted by Crippen LogP contribution is -2.50. The fourth-order valence-corrected chi connectivity index (χ4v) is 3.87. The van der Waals surface area contributed by atoms with Crippen LogP contribution >= 0.6 is 0 Å². The molecule has 7 nitrogen and oxygen atoms in total. The van der Waals surface area contributed by atoms with Crippen LogP contribution < -0.4 is 0 Å². The van der Waals surface area contributed by atoms with Crippen molar-refractivity contribution in [1.29, 1.82) is 0 Å². The third-order valence-electron chi connectivity index (χ3n) is 4.97. The van der Waals surface area contributed by atoms with Crippen molar-refractivity contribution in [3.05, 3.63) is 29.4 Å². The molecule has 1 aliphatic carbocycles. The molecule has 1 N–H and O–H groups in total. The fourth-order valence-electron chi connectivity index (χ4n) is 3.87. The van der Waals surface area contributed by atoms with E-state index in [9.17, 15) is 5.11 Å². The summed E-state index contributed by atoms with van der Waals surface area (Å²) in [6.07, 6.45) is 9.71. The molecule has 1 unspecified atom stereocenters. The molecule has 0 bridgehead atoms. The predicted octanol–water partition coefficient (Wildman–Crippen LogP) is 1.17. The Bertz CT molecular complexity index is 653. The molecule has 7 heteroatoms. The summed E-state index contributed by atoms with van der Waals surface area (Å²) in [6, 6.07) is 0. The van der Waals surface area contributed by atoms with Gasteiger partial charge in [-0.15, -0.1) is 5.10 Å². The lowest BCUT2D eigenvalue weighted by molar-refractivity contribution is -0.0483. The SMILES string of the molecule is OC1(Cn2ccnn2)CCCN(Cc2noc3c2CCCC3)C1. The van der Waals surface area contributed by atoms with E-state index in [1.807, 2.05) is 0 Å². The first-order valence-corrected chi connectivity index (χ1v) is 8.47. The molecule has 0 saturated carbocycles. The van der Waals surface area contributed by atoms with Crippen molar-refractivity contribution in [2.24, 2.45) is 0 Å². The second-order valence-corrected chi connectivity index (χ2v) is 6.88. The molecule has 2 aromatic heterocycles. The first kappa shape index (κ1) is 14.8. The molecule has 0 spiro atoms. The van der Waals surface area contributed by atoms with Crippen molar-refractivity contribution >= 4 is 0 Å². The van der Waals surface area contributed by atoms with Gasteiger partial charge in [-0.2, -0.15) is 0 Å². The molecule has 0 aromatic carbocycles. The van der Waals surface area contributed by atoms with Crippen LogP contribution in [0.2, 0.25) is 0 Å². The van der Waals surface area contributed by atoms with Crippen LogP contribution in [-0.4, -0.2) is 48.8 Å². The van der Waals surface area contributed by atoms with Crippen LogP contribution in [0.25, 0.3) is 0 Å². The van der Waals surface area contributed by atoms with Crippen LogP contribution in [0.5, 0.6) is 0 Å². The normalized spacial score (nSPS) is 25.4. The Kier molecular flexibility index (Phi) is 3.90. The number of β-amino-alcohol motifs (C(OH)–C–C–N with tert-alkyl or cyclic N) is 1. The number of likely N-dealkylation sites (tertiary alicyclic amines) is 1. The van der Waals surface area contributed by atoms with Crippen LogP contribution in [0.4, 0.5) is 0 Å². The maximum atomic E-state index is 10.9. The highest BCUT2D eigenvalue weighted by molar-refractivity contribution is 5.25. The van der Waals surface area contributed by atoms with Gasteiger partial charge in [0.15, 0.2) is 0 Å². The van der Waals surface area contributed by atoms with E-state index in [4.69, 9.17) is 4.52 Å². The first-order chi connectivity index (χ1) is 11.2. The van der Waals surface area contributed by atoms with Gasteiger partial charge in [0.25, 0.3) is 0 Å². The Balaban J connectivity index is 1.44. The van der Waals surface area contributed by atoms with Gasteiger partial charge in [0.05, 0.1) is 18.3 Å². The number of hydrogen-bond acceptors (Lipinski definition) is 6. The molecule has 1 aliphatic heterocycles. The fraction of sp³-hybridized carbons (Fsp3) is 0.688. The van der Waals surface area contributed by atoms with E-state index in [0.29, 0.717) is 13.1 Å². The summed E-state index contributed by atoms with van der Waals surface area (Å²) in [5.74, 6) is 1.07. The van der Waals surface area contributed by atoms with E-state index in [0.717, 1.165) is 50.2 Å². The van der Waals surface area contributed by atoms with Gasteiger partial charge in [-0.25, -0.2) is 4.68 Å². The van der Waals surface area contributed by atoms with Crippen LogP contribution in [0.3, 0.4) is 0 Å². The predicted molar refractivity (Wildman–Crippen MR) is 82.6 cm³/mol. The maximum absolute atomic E-state index is 10.9. The Morgan fingerprint density at radius 1 is 1.26 bits per heavy atom. The van der Waals surface area contributed by atoms with E-state index in [2.05, 4.69) is 20.4 Å². The van der Waals surface area contributed by atoms with Crippen molar-refractivity contribution in [2.75, 3.05) is 13.1 Å². The van der Waals surface area contributed by atoms with Gasteiger partial charge in [0.1, 0.15) is 11.5 Å². The van der Waals surface area contributed by atoms with Gasteiger partial charge in [-0.3, -0.25) is 4.90 Å². The highest BCUT2D eigenvalue weighted by Gasteiger charge is 2.34. The zero-order valence-electron chi connectivity index (χ0n) is 13.3. The average molecular weight is 317 g/mol. The number of rotatable bonds is 4. The summed E-state index contributed by atoms with van der Waals surface area (Å²) in [6.45, 7) is 2.87. The van der Waals surface area contributed by atoms with Gasteiger partial charge in [0.2, 0.25) is 0 Å². The van der Waals surface area contributed by atoms with Crippen LogP contribution in [-0.2, 0) is 25.9 Å². The number of aryl methyl sites for hydroxylation is 1. The second kappa shape index (κ2) is 6.05. The summed E-state index contributed by atoms with van der Waals surface area (Å²) < 4.78 is 7.21. The topological polar surface area (TPSA) is 80.2 Å². The van der Waals surface area contributed by atoms with E-state index in [1.54, 1.807) is 17.1 Å². The molecule has 3 heterocycles. The lowest BCUT2D eigenvalue weighted by Gasteiger charge is -2.38. The minimum absolute atomic E-state index is 0.487. The van der Waals surface area contributed by atoms with E-state index < -0.39 is 5.60 Å². The number of hydrogen-bond donors (Lipinski definition) is 1. The van der Waals surface area contributed by atoms with Crippen LogP contribution in [0.15, 0.2) is 16.9 Å². The van der Waals surface area contributed by atoms with E-state index in [1.165, 1.54) is 18.4 Å². The van der Waals surface area contributed by atoms with Gasteiger partial charge in [0, 0.05) is 31.3 Å². The summed E-state index contributed by atoms with van der Waals surface area (Å²) in [5, 5.41) is 23.0. The standard InChI is InChI=1S/C16H23N5O2/c22-16(12-21-9-7-17-19-21)6-3-8-20(11-16)10-14-13-4-1-2-5-15(13)23-18-14/h7,9,22H,1-6,8,10-12H2. The number of aliphatic hydroxyl groups is 1. The van der Waals surface area contributed by atoms with Crippen LogP contribution in [0.1, 0.15) is 42.7 Å². The van der Waals surface area contributed by atoms with Gasteiger partial charge in [-0.1, -0.05) is 10.4 Å². The number of fused-ring (bicyclic) bond motifs is 1. The zero-order chi connectivity index (χ0) is 15.7. The molecular formula is C16H23N5O2. The highest BCUT2D eigenvalue weighted by Crippen LogP contribution is 2.28. The molecule has 1 atom stereocenters. The summed E-state index contributed by atoms with van der Waals surface area (Å²) in [4.78, 5) is 2.28. The molecule has 1 saturated heterocycles. The molecule has 124 valence electrons. The second-order valence-electron chi connectivity index (χ2n) is 6.88. The molecule has 0 amide bonds.